The second-order valence-electron chi connectivity index (χ2n) is 5.38. The van der Waals surface area contributed by atoms with E-state index in [1.165, 1.54) is 0 Å². The molecule has 0 bridgehead atoms. The van der Waals surface area contributed by atoms with Crippen LogP contribution in [0.4, 0.5) is 0 Å². The van der Waals surface area contributed by atoms with E-state index in [0.29, 0.717) is 43.6 Å². The van der Waals surface area contributed by atoms with Gasteiger partial charge in [-0.1, -0.05) is 30.3 Å². The maximum absolute atomic E-state index is 10.2. The van der Waals surface area contributed by atoms with Gasteiger partial charge in [-0.15, -0.1) is 0 Å². The van der Waals surface area contributed by atoms with Crippen LogP contribution in [0.15, 0.2) is 42.5 Å². The molecule has 23 heavy (non-hydrogen) atoms. The van der Waals surface area contributed by atoms with Crippen LogP contribution in [0, 0.1) is 0 Å². The monoisotopic (exact) mass is 315 g/mol. The number of benzene rings is 2. The minimum absolute atomic E-state index is 0.473. The van der Waals surface area contributed by atoms with Crippen molar-refractivity contribution in [2.45, 2.75) is 12.6 Å². The van der Waals surface area contributed by atoms with Crippen LogP contribution < -0.4 is 19.5 Å². The Bertz CT molecular complexity index is 628. The Labute approximate surface area is 135 Å². The maximum Gasteiger partial charge on any atom is 0.203 e. The van der Waals surface area contributed by atoms with Crippen molar-refractivity contribution in [3.05, 3.63) is 53.6 Å². The highest BCUT2D eigenvalue weighted by atomic mass is 16.6. The Balaban J connectivity index is 1.62. The van der Waals surface area contributed by atoms with E-state index in [-0.39, 0.29) is 0 Å². The third kappa shape index (κ3) is 3.75. The molecule has 0 aromatic heterocycles. The van der Waals surface area contributed by atoms with E-state index in [0.717, 1.165) is 11.1 Å². The highest BCUT2D eigenvalue weighted by Gasteiger charge is 2.18. The van der Waals surface area contributed by atoms with Gasteiger partial charge in [0.2, 0.25) is 5.75 Å². The fraction of sp³-hybridized carbons (Fsp3) is 0.333. The molecule has 0 fully saturated rings. The first kappa shape index (κ1) is 15.6. The molecular weight excluding hydrogens is 294 g/mol. The third-order valence-electron chi connectivity index (χ3n) is 3.74. The van der Waals surface area contributed by atoms with Crippen LogP contribution in [0.3, 0.4) is 0 Å². The first-order valence-corrected chi connectivity index (χ1v) is 7.68. The molecule has 2 aromatic rings. The highest BCUT2D eigenvalue weighted by molar-refractivity contribution is 5.54. The lowest BCUT2D eigenvalue weighted by molar-refractivity contribution is 0.164. The normalized spacial score (nSPS) is 14.3. The van der Waals surface area contributed by atoms with Gasteiger partial charge in [0.15, 0.2) is 11.5 Å². The van der Waals surface area contributed by atoms with Gasteiger partial charge in [0.25, 0.3) is 0 Å². The Kier molecular flexibility index (Phi) is 5.00. The highest BCUT2D eigenvalue weighted by Crippen LogP contribution is 2.40. The number of nitrogens with one attached hydrogen (secondary N) is 1. The largest absolute Gasteiger partial charge is 0.493 e. The molecule has 3 rings (SSSR count). The Morgan fingerprint density at radius 3 is 2.74 bits per heavy atom. The fourth-order valence-electron chi connectivity index (χ4n) is 2.58. The van der Waals surface area contributed by atoms with Crippen molar-refractivity contribution in [3.63, 3.8) is 0 Å². The number of aliphatic hydroxyl groups is 1. The summed E-state index contributed by atoms with van der Waals surface area (Å²) in [6.07, 6.45) is -0.532. The van der Waals surface area contributed by atoms with Crippen molar-refractivity contribution in [3.8, 4) is 17.2 Å². The van der Waals surface area contributed by atoms with Gasteiger partial charge in [-0.3, -0.25) is 0 Å². The van der Waals surface area contributed by atoms with Crippen molar-refractivity contribution in [2.24, 2.45) is 0 Å². The van der Waals surface area contributed by atoms with E-state index < -0.39 is 6.10 Å². The second kappa shape index (κ2) is 7.35. The molecule has 0 saturated carbocycles. The molecule has 0 unspecified atom stereocenters. The van der Waals surface area contributed by atoms with E-state index in [1.54, 1.807) is 7.11 Å². The SMILES string of the molecule is COc1cc(CNC[C@@H](O)c2ccccc2)cc2c1OCCO2. The number of hydrogen-bond donors (Lipinski definition) is 2. The Morgan fingerprint density at radius 2 is 1.96 bits per heavy atom. The van der Waals surface area contributed by atoms with E-state index in [4.69, 9.17) is 14.2 Å². The topological polar surface area (TPSA) is 60.0 Å². The van der Waals surface area contributed by atoms with Crippen molar-refractivity contribution in [1.82, 2.24) is 5.32 Å². The molecule has 5 heteroatoms. The molecule has 2 aromatic carbocycles. The van der Waals surface area contributed by atoms with Crippen molar-refractivity contribution >= 4 is 0 Å². The molecule has 1 aliphatic rings. The zero-order valence-corrected chi connectivity index (χ0v) is 13.1. The predicted octanol–water partition coefficient (Wildman–Crippen LogP) is 2.29. The van der Waals surface area contributed by atoms with Gasteiger partial charge >= 0.3 is 0 Å². The van der Waals surface area contributed by atoms with Crippen molar-refractivity contribution in [1.29, 1.82) is 0 Å². The number of hydrogen-bond acceptors (Lipinski definition) is 5. The second-order valence-corrected chi connectivity index (χ2v) is 5.38. The molecule has 0 radical (unpaired) electrons. The molecule has 0 aliphatic carbocycles. The first-order valence-electron chi connectivity index (χ1n) is 7.68. The fourth-order valence-corrected chi connectivity index (χ4v) is 2.58. The molecule has 1 aliphatic heterocycles. The summed E-state index contributed by atoms with van der Waals surface area (Å²) in [4.78, 5) is 0. The maximum atomic E-state index is 10.2. The van der Waals surface area contributed by atoms with Gasteiger partial charge in [-0.05, 0) is 23.3 Å². The molecule has 0 saturated heterocycles. The number of aliphatic hydroxyl groups excluding tert-OH is 1. The zero-order valence-electron chi connectivity index (χ0n) is 13.1. The minimum Gasteiger partial charge on any atom is -0.493 e. The summed E-state index contributed by atoms with van der Waals surface area (Å²) in [6, 6.07) is 13.5. The average molecular weight is 315 g/mol. The molecule has 122 valence electrons. The van der Waals surface area contributed by atoms with E-state index in [1.807, 2.05) is 42.5 Å². The first-order chi connectivity index (χ1) is 11.3. The van der Waals surface area contributed by atoms with Crippen LogP contribution in [0.1, 0.15) is 17.2 Å². The van der Waals surface area contributed by atoms with E-state index >= 15 is 0 Å². The van der Waals surface area contributed by atoms with E-state index in [2.05, 4.69) is 5.32 Å². The summed E-state index contributed by atoms with van der Waals surface area (Å²) >= 11 is 0. The lowest BCUT2D eigenvalue weighted by Gasteiger charge is -2.21. The minimum atomic E-state index is -0.532. The summed E-state index contributed by atoms with van der Waals surface area (Å²) < 4.78 is 16.6. The summed E-state index contributed by atoms with van der Waals surface area (Å²) in [7, 11) is 1.62. The lowest BCUT2D eigenvalue weighted by Crippen LogP contribution is -2.21. The molecule has 0 spiro atoms. The number of ether oxygens (including phenoxy) is 3. The van der Waals surface area contributed by atoms with Crippen LogP contribution >= 0.6 is 0 Å². The molecule has 0 amide bonds. The van der Waals surface area contributed by atoms with E-state index in [9.17, 15) is 5.11 Å². The van der Waals surface area contributed by atoms with Gasteiger partial charge in [0.05, 0.1) is 13.2 Å². The third-order valence-corrected chi connectivity index (χ3v) is 3.74. The standard InChI is InChI=1S/C18H21NO4/c1-21-16-9-13(10-17-18(16)23-8-7-22-17)11-19-12-15(20)14-5-3-2-4-6-14/h2-6,9-10,15,19-20H,7-8,11-12H2,1H3/t15-/m1/s1. The van der Waals surface area contributed by atoms with Crippen LogP contribution in [0.25, 0.3) is 0 Å². The predicted molar refractivity (Wildman–Crippen MR) is 87.1 cm³/mol. The van der Waals surface area contributed by atoms with Crippen LogP contribution in [0.2, 0.25) is 0 Å². The average Bonchev–Trinajstić information content (AvgIpc) is 2.61. The Hall–Kier alpha value is -2.24. The van der Waals surface area contributed by atoms with Crippen LogP contribution in [-0.4, -0.2) is 32.0 Å². The van der Waals surface area contributed by atoms with Gasteiger partial charge in [0.1, 0.15) is 13.2 Å². The van der Waals surface area contributed by atoms with Crippen molar-refractivity contribution < 1.29 is 19.3 Å². The molecular formula is C18H21NO4. The molecule has 2 N–H and O–H groups in total. The van der Waals surface area contributed by atoms with Crippen LogP contribution in [0.5, 0.6) is 17.2 Å². The molecule has 5 nitrogen and oxygen atoms in total. The smallest absolute Gasteiger partial charge is 0.203 e. The number of fused-ring (bicyclic) bond motifs is 1. The van der Waals surface area contributed by atoms with Gasteiger partial charge in [0, 0.05) is 13.1 Å². The summed E-state index contributed by atoms with van der Waals surface area (Å²) in [5.41, 5.74) is 1.92. The van der Waals surface area contributed by atoms with Gasteiger partial charge in [-0.2, -0.15) is 0 Å². The van der Waals surface area contributed by atoms with Gasteiger partial charge in [-0.25, -0.2) is 0 Å². The number of rotatable bonds is 6. The van der Waals surface area contributed by atoms with Gasteiger partial charge < -0.3 is 24.6 Å². The quantitative estimate of drug-likeness (QED) is 0.856. The summed E-state index contributed by atoms with van der Waals surface area (Å²) in [6.45, 7) is 2.15. The van der Waals surface area contributed by atoms with Crippen molar-refractivity contribution in [2.75, 3.05) is 26.9 Å². The summed E-state index contributed by atoms with van der Waals surface area (Å²) in [5.74, 6) is 2.03. The lowest BCUT2D eigenvalue weighted by atomic mass is 10.1. The summed E-state index contributed by atoms with van der Waals surface area (Å²) in [5, 5.41) is 13.4. The number of methoxy groups -OCH3 is 1. The zero-order chi connectivity index (χ0) is 16.1. The Morgan fingerprint density at radius 1 is 1.17 bits per heavy atom. The molecule has 1 heterocycles. The molecule has 1 atom stereocenters. The van der Waals surface area contributed by atoms with Crippen LogP contribution in [-0.2, 0) is 6.54 Å².